The summed E-state index contributed by atoms with van der Waals surface area (Å²) in [6.07, 6.45) is 0. The molecule has 1 rings (SSSR count). The monoisotopic (exact) mass is 460 g/mol. The molecule has 0 aliphatic heterocycles. The Morgan fingerprint density at radius 1 is 0.800 bits per heavy atom. The molecule has 0 amide bonds. The van der Waals surface area contributed by atoms with Crippen LogP contribution in [-0.2, 0) is 21.1 Å². The van der Waals surface area contributed by atoms with Crippen LogP contribution in [0.1, 0.15) is 34.6 Å². The van der Waals surface area contributed by atoms with Crippen LogP contribution in [0.15, 0.2) is 20.5 Å². The van der Waals surface area contributed by atoms with Crippen LogP contribution in [0, 0.1) is 5.41 Å². The molecule has 0 aromatic heterocycles. The van der Waals surface area contributed by atoms with Gasteiger partial charge in [0.2, 0.25) is 0 Å². The quantitative estimate of drug-likeness (QED) is 0.482. The van der Waals surface area contributed by atoms with Crippen molar-refractivity contribution < 1.29 is 21.1 Å². The SMILES string of the molecule is CC1=C(C)C(C)(C)[C]([Ta])=C1C.Cl.Cl.Cl.Cl. The Bertz CT molecular complexity index is 241. The van der Waals surface area contributed by atoms with E-state index in [1.54, 1.807) is 14.9 Å². The maximum absolute atomic E-state index is 2.33. The molecule has 0 bridgehead atoms. The second-order valence-corrected chi connectivity index (χ2v) is 5.46. The fourth-order valence-electron chi connectivity index (χ4n) is 1.57. The van der Waals surface area contributed by atoms with E-state index in [0.717, 1.165) is 0 Å². The van der Waals surface area contributed by atoms with Gasteiger partial charge in [-0.05, 0) is 0 Å². The third-order valence-electron chi connectivity index (χ3n) is 3.01. The number of hydrogen-bond acceptors (Lipinski definition) is 0. The molecule has 0 heterocycles. The van der Waals surface area contributed by atoms with Crippen LogP contribution in [0.4, 0.5) is 0 Å². The van der Waals surface area contributed by atoms with Gasteiger partial charge in [0.25, 0.3) is 0 Å². The molecule has 92 valence electrons. The van der Waals surface area contributed by atoms with E-state index in [4.69, 9.17) is 0 Å². The summed E-state index contributed by atoms with van der Waals surface area (Å²) >= 11 is 1.42. The first-order chi connectivity index (χ1) is 4.89. The van der Waals surface area contributed by atoms with E-state index in [0.29, 0.717) is 5.41 Å². The maximum atomic E-state index is 2.33. The summed E-state index contributed by atoms with van der Waals surface area (Å²) in [7, 11) is 0. The predicted molar refractivity (Wildman–Crippen MR) is 73.8 cm³/mol. The van der Waals surface area contributed by atoms with E-state index in [9.17, 15) is 0 Å². The molecule has 0 aromatic rings. The van der Waals surface area contributed by atoms with Crippen LogP contribution in [-0.4, -0.2) is 0 Å². The van der Waals surface area contributed by atoms with E-state index >= 15 is 0 Å². The van der Waals surface area contributed by atoms with Crippen LogP contribution < -0.4 is 0 Å². The van der Waals surface area contributed by atoms with Crippen LogP contribution in [0.2, 0.25) is 0 Å². The third kappa shape index (κ3) is 4.27. The Balaban J connectivity index is -0.000000151. The Morgan fingerprint density at radius 2 is 1.13 bits per heavy atom. The van der Waals surface area contributed by atoms with Crippen molar-refractivity contribution in [1.29, 1.82) is 0 Å². The van der Waals surface area contributed by atoms with Gasteiger partial charge in [-0.15, -0.1) is 49.6 Å². The molecule has 5 heteroatoms. The summed E-state index contributed by atoms with van der Waals surface area (Å²) in [5.74, 6) is 0. The molecule has 0 fully saturated rings. The number of allylic oxidation sites excluding steroid dienone is 4. The molecule has 0 saturated carbocycles. The molecule has 0 N–H and O–H groups in total. The Morgan fingerprint density at radius 3 is 1.20 bits per heavy atom. The third-order valence-corrected chi connectivity index (χ3v) is 6.22. The van der Waals surface area contributed by atoms with Crippen molar-refractivity contribution in [2.45, 2.75) is 34.6 Å². The Hall–Kier alpha value is 1.38. The maximum Gasteiger partial charge on any atom is -0.147 e. The molecule has 0 spiro atoms. The van der Waals surface area contributed by atoms with Crippen molar-refractivity contribution in [3.63, 3.8) is 0 Å². The van der Waals surface area contributed by atoms with Gasteiger partial charge in [-0.1, -0.05) is 0 Å². The predicted octanol–water partition coefficient (Wildman–Crippen LogP) is 4.87. The zero-order valence-corrected chi connectivity index (χ0v) is 16.1. The average Bonchev–Trinajstić information content (AvgIpc) is 2.06. The summed E-state index contributed by atoms with van der Waals surface area (Å²) in [4.78, 5) is 0. The van der Waals surface area contributed by atoms with Gasteiger partial charge in [0.15, 0.2) is 0 Å². The molecular formula is C10H19Cl4Ta. The van der Waals surface area contributed by atoms with Gasteiger partial charge in [-0.25, -0.2) is 0 Å². The molecule has 0 saturated heterocycles. The van der Waals surface area contributed by atoms with Crippen molar-refractivity contribution in [3.05, 3.63) is 20.5 Å². The van der Waals surface area contributed by atoms with Gasteiger partial charge < -0.3 is 0 Å². The van der Waals surface area contributed by atoms with Gasteiger partial charge in [-0.2, -0.15) is 0 Å². The van der Waals surface area contributed by atoms with Crippen molar-refractivity contribution in [2.24, 2.45) is 5.41 Å². The first-order valence-corrected chi connectivity index (χ1v) is 5.58. The molecule has 0 radical (unpaired) electrons. The second-order valence-electron chi connectivity index (χ2n) is 3.85. The van der Waals surface area contributed by atoms with Crippen LogP contribution >= 0.6 is 49.6 Å². The molecule has 0 nitrogen and oxygen atoms in total. The van der Waals surface area contributed by atoms with Gasteiger partial charge in [-0.3, -0.25) is 0 Å². The van der Waals surface area contributed by atoms with E-state index in [1.165, 1.54) is 26.6 Å². The Kier molecular flexibility index (Phi) is 14.3. The van der Waals surface area contributed by atoms with Gasteiger partial charge in [0.1, 0.15) is 0 Å². The molecule has 1 aliphatic carbocycles. The first kappa shape index (κ1) is 25.3. The van der Waals surface area contributed by atoms with Crippen LogP contribution in [0.5, 0.6) is 0 Å². The van der Waals surface area contributed by atoms with Crippen molar-refractivity contribution in [3.8, 4) is 0 Å². The fraction of sp³-hybridized carbons (Fsp3) is 0.600. The first-order valence-electron chi connectivity index (χ1n) is 3.97. The molecule has 15 heavy (non-hydrogen) atoms. The van der Waals surface area contributed by atoms with E-state index in [2.05, 4.69) is 34.6 Å². The summed E-state index contributed by atoms with van der Waals surface area (Å²) in [6, 6.07) is 0. The van der Waals surface area contributed by atoms with E-state index in [-0.39, 0.29) is 49.6 Å². The van der Waals surface area contributed by atoms with Crippen LogP contribution in [0.25, 0.3) is 0 Å². The Labute approximate surface area is 130 Å². The van der Waals surface area contributed by atoms with Gasteiger partial charge in [0.05, 0.1) is 0 Å². The molecule has 0 aromatic carbocycles. The summed E-state index contributed by atoms with van der Waals surface area (Å²) < 4.78 is 1.65. The smallest absolute Gasteiger partial charge is 0.147 e. The zero-order valence-electron chi connectivity index (χ0n) is 9.58. The van der Waals surface area contributed by atoms with E-state index in [1.807, 2.05) is 0 Å². The number of halogens is 4. The van der Waals surface area contributed by atoms with Crippen LogP contribution in [0.3, 0.4) is 0 Å². The van der Waals surface area contributed by atoms with Crippen molar-refractivity contribution >= 4 is 49.6 Å². The zero-order chi connectivity index (χ0) is 8.81. The van der Waals surface area contributed by atoms with Crippen molar-refractivity contribution in [1.82, 2.24) is 0 Å². The van der Waals surface area contributed by atoms with Crippen molar-refractivity contribution in [2.75, 3.05) is 0 Å². The second kappa shape index (κ2) is 8.47. The fourth-order valence-corrected chi connectivity index (χ4v) is 2.78. The van der Waals surface area contributed by atoms with Gasteiger partial charge >= 0.3 is 81.6 Å². The number of rotatable bonds is 0. The molecule has 0 atom stereocenters. The topological polar surface area (TPSA) is 0 Å². The summed E-state index contributed by atoms with van der Waals surface area (Å²) in [5, 5.41) is 0. The minimum Gasteiger partial charge on any atom is -0.147 e. The van der Waals surface area contributed by atoms with Gasteiger partial charge in [0, 0.05) is 0 Å². The largest absolute Gasteiger partial charge is 0.147 e. The average molecular weight is 462 g/mol. The summed E-state index contributed by atoms with van der Waals surface area (Å²) in [5.41, 5.74) is 4.99. The normalized spacial score (nSPS) is 17.1. The minimum absolute atomic E-state index is 0. The molecule has 0 unspecified atom stereocenters. The van der Waals surface area contributed by atoms with E-state index < -0.39 is 0 Å². The molecular weight excluding hydrogens is 443 g/mol. The summed E-state index contributed by atoms with van der Waals surface area (Å²) in [6.45, 7) is 11.4. The standard InChI is InChI=1S/C10H15.4ClH.Ta/c1-7-6-10(4,5)9(3)8(7)2;;;;;/h1-5H3;4*1H;. The molecule has 1 aliphatic rings. The minimum atomic E-state index is 0. The number of hydrogen-bond donors (Lipinski definition) is 0.